The maximum absolute atomic E-state index is 5.65. The molecule has 3 heteroatoms. The molecule has 0 N–H and O–H groups in total. The molecule has 2 aromatic carbocycles. The number of ether oxygens (including phenoxy) is 1. The van der Waals surface area contributed by atoms with Crippen molar-refractivity contribution < 1.29 is 22.0 Å². The van der Waals surface area contributed by atoms with E-state index in [1.54, 1.807) is 0 Å². The molecule has 16 heavy (non-hydrogen) atoms. The van der Waals surface area contributed by atoms with Crippen molar-refractivity contribution in [2.75, 3.05) is 0 Å². The summed E-state index contributed by atoms with van der Waals surface area (Å²) in [6.45, 7) is 3.89. The number of benzene rings is 2. The Morgan fingerprint density at radius 1 is 0.875 bits per heavy atom. The summed E-state index contributed by atoms with van der Waals surface area (Å²) in [5.74, 6) is 1.64. The van der Waals surface area contributed by atoms with Gasteiger partial charge in [0.25, 0.3) is 0 Å². The van der Waals surface area contributed by atoms with Crippen LogP contribution in [0.4, 0.5) is 0 Å². The minimum atomic E-state index is 0.804. The first-order chi connectivity index (χ1) is 7.86. The van der Waals surface area contributed by atoms with E-state index in [2.05, 4.69) is 6.92 Å². The summed E-state index contributed by atoms with van der Waals surface area (Å²) in [6, 6.07) is 17.4. The zero-order valence-electron chi connectivity index (χ0n) is 8.90. The molecule has 0 aliphatic rings. The summed E-state index contributed by atoms with van der Waals surface area (Å²) in [6.07, 6.45) is 0. The Bertz CT molecular complexity index is 417. The van der Waals surface area contributed by atoms with Gasteiger partial charge in [-0.05, 0) is 12.1 Å². The van der Waals surface area contributed by atoms with Crippen molar-refractivity contribution in [2.45, 2.75) is 0 Å². The van der Waals surface area contributed by atoms with Gasteiger partial charge in [0.15, 0.2) is 0 Å². The molecule has 1 nitrogen and oxygen atoms in total. The summed E-state index contributed by atoms with van der Waals surface area (Å²) in [5.41, 5.74) is 0.899. The molecule has 0 amide bonds. The normalized spacial score (nSPS) is 8.94. The van der Waals surface area contributed by atoms with Crippen LogP contribution in [0.15, 0.2) is 54.6 Å². The molecule has 0 radical (unpaired) electrons. The number of hydrogen-bond donors (Lipinski definition) is 0. The molecule has 2 aromatic rings. The van der Waals surface area contributed by atoms with E-state index >= 15 is 0 Å². The predicted octanol–water partition coefficient (Wildman–Crippen LogP) is 4.35. The molecule has 2 rings (SSSR count). The van der Waals surface area contributed by atoms with E-state index < -0.39 is 0 Å². The fraction of sp³-hybridized carbons (Fsp3) is 0. The van der Waals surface area contributed by atoms with Crippen LogP contribution in [0, 0.1) is 6.92 Å². The Kier molecular flexibility index (Phi) is 5.99. The van der Waals surface area contributed by atoms with Crippen LogP contribution < -0.4 is 4.74 Å². The zero-order chi connectivity index (χ0) is 11.8. The van der Waals surface area contributed by atoms with Crippen LogP contribution in [0.2, 0.25) is 0 Å². The van der Waals surface area contributed by atoms with Crippen molar-refractivity contribution in [2.24, 2.45) is 0 Å². The van der Waals surface area contributed by atoms with E-state index in [1.807, 2.05) is 54.6 Å². The number of halogens is 1. The molecule has 0 saturated heterocycles. The van der Waals surface area contributed by atoms with Crippen LogP contribution in [0.1, 0.15) is 5.56 Å². The van der Waals surface area contributed by atoms with Gasteiger partial charge in [-0.15, -0.1) is 6.07 Å². The minimum absolute atomic E-state index is 0.804. The van der Waals surface area contributed by atoms with Crippen molar-refractivity contribution in [3.8, 4) is 11.5 Å². The van der Waals surface area contributed by atoms with E-state index in [-0.39, 0.29) is 0 Å². The third kappa shape index (κ3) is 3.88. The molecular weight excluding hydrogens is 273 g/mol. The van der Waals surface area contributed by atoms with Crippen LogP contribution in [0.3, 0.4) is 0 Å². The van der Waals surface area contributed by atoms with Gasteiger partial charge in [-0.1, -0.05) is 30.3 Å². The van der Waals surface area contributed by atoms with Crippen molar-refractivity contribution in [1.82, 2.24) is 0 Å². The van der Waals surface area contributed by atoms with Gasteiger partial charge in [0.1, 0.15) is 5.75 Å². The fourth-order valence-corrected chi connectivity index (χ4v) is 1.22. The van der Waals surface area contributed by atoms with E-state index in [0.717, 1.165) is 34.4 Å². The maximum atomic E-state index is 5.65. The first-order valence-electron chi connectivity index (χ1n) is 4.77. The second-order valence-corrected chi connectivity index (χ2v) is 3.02. The third-order valence-corrected chi connectivity index (χ3v) is 1.94. The average molecular weight is 284 g/mol. The van der Waals surface area contributed by atoms with Gasteiger partial charge in [0, 0.05) is 5.75 Å². The molecule has 0 atom stereocenters. The van der Waals surface area contributed by atoms with Crippen LogP contribution in [0.25, 0.3) is 0 Å². The van der Waals surface area contributed by atoms with Crippen molar-refractivity contribution in [3.05, 3.63) is 67.1 Å². The molecule has 0 aliphatic carbocycles. The molecule has 0 saturated carbocycles. The Morgan fingerprint density at radius 2 is 1.44 bits per heavy atom. The summed E-state index contributed by atoms with van der Waals surface area (Å²) in [7, 11) is 4.76. The summed E-state index contributed by atoms with van der Waals surface area (Å²) >= 11 is 0.847. The molecular formula is C13H11ClOZn. The summed E-state index contributed by atoms with van der Waals surface area (Å²) < 4.78 is 5.65. The predicted molar refractivity (Wildman–Crippen MR) is 63.3 cm³/mol. The Hall–Kier alpha value is -0.977. The van der Waals surface area contributed by atoms with Crippen LogP contribution in [-0.2, 0) is 17.3 Å². The van der Waals surface area contributed by atoms with Gasteiger partial charge in [-0.2, -0.15) is 18.6 Å². The van der Waals surface area contributed by atoms with Gasteiger partial charge >= 0.3 is 27.0 Å². The van der Waals surface area contributed by atoms with Gasteiger partial charge in [0.05, 0.1) is 0 Å². The van der Waals surface area contributed by atoms with Crippen LogP contribution in [-0.4, -0.2) is 0 Å². The van der Waals surface area contributed by atoms with Gasteiger partial charge in [-0.3, -0.25) is 0 Å². The van der Waals surface area contributed by atoms with Crippen molar-refractivity contribution >= 4 is 9.69 Å². The number of hydrogen-bond acceptors (Lipinski definition) is 1. The van der Waals surface area contributed by atoms with Crippen molar-refractivity contribution in [1.29, 1.82) is 0 Å². The topological polar surface area (TPSA) is 9.23 Å². The standard InChI is InChI=1S/C13H11O.ClH.Zn/c1-11-7-5-6-10-13(11)14-12-8-3-2-4-9-12;;/h2-10H,1H2;1H;/q-1;;+2/p-1. The van der Waals surface area contributed by atoms with E-state index in [0.29, 0.717) is 0 Å². The quantitative estimate of drug-likeness (QED) is 0.588. The van der Waals surface area contributed by atoms with Crippen LogP contribution >= 0.6 is 9.69 Å². The molecule has 78 valence electrons. The van der Waals surface area contributed by atoms with E-state index in [1.165, 1.54) is 0 Å². The van der Waals surface area contributed by atoms with Gasteiger partial charge < -0.3 is 4.74 Å². The van der Waals surface area contributed by atoms with E-state index in [9.17, 15) is 0 Å². The third-order valence-electron chi connectivity index (χ3n) is 1.94. The van der Waals surface area contributed by atoms with Crippen molar-refractivity contribution in [3.63, 3.8) is 0 Å². The Balaban J connectivity index is 0.000000606. The fourth-order valence-electron chi connectivity index (χ4n) is 1.22. The molecule has 0 unspecified atom stereocenters. The average Bonchev–Trinajstić information content (AvgIpc) is 2.36. The van der Waals surface area contributed by atoms with E-state index in [4.69, 9.17) is 14.4 Å². The monoisotopic (exact) mass is 282 g/mol. The molecule has 0 spiro atoms. The Morgan fingerprint density at radius 3 is 2.06 bits per heavy atom. The molecule has 0 aromatic heterocycles. The number of rotatable bonds is 2. The molecule has 0 heterocycles. The SMILES string of the molecule is [CH2-]c1ccccc1Oc1ccccc1.[Cl][Zn+]. The summed E-state index contributed by atoms with van der Waals surface area (Å²) in [4.78, 5) is 0. The summed E-state index contributed by atoms with van der Waals surface area (Å²) in [5, 5.41) is 0. The first kappa shape index (κ1) is 13.1. The number of para-hydroxylation sites is 2. The Labute approximate surface area is 110 Å². The van der Waals surface area contributed by atoms with Gasteiger partial charge in [0.2, 0.25) is 0 Å². The molecule has 0 bridgehead atoms. The second kappa shape index (κ2) is 7.32. The van der Waals surface area contributed by atoms with Crippen LogP contribution in [0.5, 0.6) is 11.5 Å². The molecule has 0 aliphatic heterocycles. The first-order valence-corrected chi connectivity index (χ1v) is 8.67. The van der Waals surface area contributed by atoms with Gasteiger partial charge in [-0.25, -0.2) is 0 Å². The zero-order valence-corrected chi connectivity index (χ0v) is 12.6. The second-order valence-electron chi connectivity index (χ2n) is 3.02. The molecule has 0 fully saturated rings.